The van der Waals surface area contributed by atoms with Crippen molar-refractivity contribution >= 4 is 12.1 Å². The Balaban J connectivity index is 1.69. The third-order valence-electron chi connectivity index (χ3n) is 5.31. The first-order valence-electron chi connectivity index (χ1n) is 9.55. The van der Waals surface area contributed by atoms with E-state index in [1.54, 1.807) is 0 Å². The van der Waals surface area contributed by atoms with E-state index in [-0.39, 0.29) is 12.5 Å². The molecule has 0 unspecified atom stereocenters. The fourth-order valence-electron chi connectivity index (χ4n) is 3.79. The van der Waals surface area contributed by atoms with E-state index in [0.29, 0.717) is 19.4 Å². The molecule has 28 heavy (non-hydrogen) atoms. The highest BCUT2D eigenvalue weighted by molar-refractivity contribution is 5.81. The number of carbonyl (C=O) groups excluding carboxylic acids is 1. The number of amides is 1. The van der Waals surface area contributed by atoms with Gasteiger partial charge in [-0.05, 0) is 48.1 Å². The summed E-state index contributed by atoms with van der Waals surface area (Å²) in [5.41, 5.74) is 10.0. The molecule has 0 aliphatic heterocycles. The molecule has 0 heterocycles. The molecule has 0 aromatic heterocycles. The first-order valence-corrected chi connectivity index (χ1v) is 9.55. The summed E-state index contributed by atoms with van der Waals surface area (Å²) < 4.78 is 5.54. The zero-order chi connectivity index (χ0) is 20.1. The Labute approximate surface area is 164 Å². The fourth-order valence-corrected chi connectivity index (χ4v) is 3.79. The van der Waals surface area contributed by atoms with E-state index in [2.05, 4.69) is 12.1 Å². The Morgan fingerprint density at radius 1 is 1.07 bits per heavy atom. The minimum Gasteiger partial charge on any atom is -0.480 e. The predicted molar refractivity (Wildman–Crippen MR) is 107 cm³/mol. The van der Waals surface area contributed by atoms with Crippen LogP contribution in [0.4, 0.5) is 4.79 Å². The highest BCUT2D eigenvalue weighted by Crippen LogP contribution is 2.44. The number of nitrogens with two attached hydrogens (primary N) is 1. The molecule has 1 aliphatic carbocycles. The largest absolute Gasteiger partial charge is 0.480 e. The lowest BCUT2D eigenvalue weighted by Gasteiger charge is -2.25. The van der Waals surface area contributed by atoms with Crippen LogP contribution in [0.15, 0.2) is 48.5 Å². The SMILES string of the molecule is CN(C(=O)OCC1c2ccccc2-c2ccccc21)[C@@H](CCCCN)C(=O)O. The summed E-state index contributed by atoms with van der Waals surface area (Å²) in [6, 6.07) is 15.3. The van der Waals surface area contributed by atoms with Crippen molar-refractivity contribution in [3.63, 3.8) is 0 Å². The molecule has 1 aliphatic rings. The lowest BCUT2D eigenvalue weighted by molar-refractivity contribution is -0.142. The van der Waals surface area contributed by atoms with Crippen molar-refractivity contribution in [2.24, 2.45) is 5.73 Å². The van der Waals surface area contributed by atoms with E-state index in [9.17, 15) is 14.7 Å². The van der Waals surface area contributed by atoms with E-state index >= 15 is 0 Å². The second kappa shape index (κ2) is 8.89. The van der Waals surface area contributed by atoms with Gasteiger partial charge in [0.25, 0.3) is 0 Å². The lowest BCUT2D eigenvalue weighted by Crippen LogP contribution is -2.43. The van der Waals surface area contributed by atoms with Gasteiger partial charge in [-0.3, -0.25) is 4.90 Å². The molecule has 0 saturated heterocycles. The summed E-state index contributed by atoms with van der Waals surface area (Å²) in [6.07, 6.45) is 1.10. The van der Waals surface area contributed by atoms with Crippen molar-refractivity contribution in [2.75, 3.05) is 20.2 Å². The van der Waals surface area contributed by atoms with Crippen LogP contribution in [-0.4, -0.2) is 48.3 Å². The molecule has 1 amide bonds. The minimum absolute atomic E-state index is 0.0507. The topological polar surface area (TPSA) is 92.9 Å². The third-order valence-corrected chi connectivity index (χ3v) is 5.31. The summed E-state index contributed by atoms with van der Waals surface area (Å²) >= 11 is 0. The molecule has 0 fully saturated rings. The lowest BCUT2D eigenvalue weighted by atomic mass is 9.98. The van der Waals surface area contributed by atoms with Crippen LogP contribution in [0.1, 0.15) is 36.3 Å². The van der Waals surface area contributed by atoms with Gasteiger partial charge in [0, 0.05) is 13.0 Å². The average Bonchev–Trinajstić information content (AvgIpc) is 3.02. The van der Waals surface area contributed by atoms with Crippen molar-refractivity contribution in [2.45, 2.75) is 31.2 Å². The maximum Gasteiger partial charge on any atom is 0.410 e. The number of hydrogen-bond donors (Lipinski definition) is 2. The second-order valence-electron chi connectivity index (χ2n) is 7.05. The van der Waals surface area contributed by atoms with Gasteiger partial charge in [-0.15, -0.1) is 0 Å². The number of hydrogen-bond acceptors (Lipinski definition) is 4. The number of aliphatic carboxylic acids is 1. The van der Waals surface area contributed by atoms with Crippen molar-refractivity contribution < 1.29 is 19.4 Å². The molecule has 3 N–H and O–H groups in total. The molecule has 0 bridgehead atoms. The van der Waals surface area contributed by atoms with Crippen molar-refractivity contribution in [3.8, 4) is 11.1 Å². The summed E-state index contributed by atoms with van der Waals surface area (Å²) in [4.78, 5) is 25.2. The Bertz CT molecular complexity index is 806. The van der Waals surface area contributed by atoms with Crippen molar-refractivity contribution in [1.82, 2.24) is 4.90 Å². The van der Waals surface area contributed by atoms with Gasteiger partial charge < -0.3 is 15.6 Å². The standard InChI is InChI=1S/C22H26N2O4/c1-24(20(21(25)26)12-6-7-13-23)22(27)28-14-19-17-10-4-2-8-15(17)16-9-3-5-11-18(16)19/h2-5,8-11,19-20H,6-7,12-14,23H2,1H3,(H,25,26)/t20-/m0/s1. The van der Waals surface area contributed by atoms with Crippen LogP contribution in [0.3, 0.4) is 0 Å². The number of carboxylic acids is 1. The molecule has 6 nitrogen and oxygen atoms in total. The quantitative estimate of drug-likeness (QED) is 0.682. The van der Waals surface area contributed by atoms with Crippen molar-refractivity contribution in [1.29, 1.82) is 0 Å². The van der Waals surface area contributed by atoms with Gasteiger partial charge in [-0.25, -0.2) is 9.59 Å². The van der Waals surface area contributed by atoms with Gasteiger partial charge in [-0.2, -0.15) is 0 Å². The van der Waals surface area contributed by atoms with Crippen LogP contribution < -0.4 is 5.73 Å². The monoisotopic (exact) mass is 382 g/mol. The van der Waals surface area contributed by atoms with Gasteiger partial charge in [0.05, 0.1) is 0 Å². The minimum atomic E-state index is -1.03. The first kappa shape index (κ1) is 19.9. The van der Waals surface area contributed by atoms with E-state index in [0.717, 1.165) is 28.7 Å². The Morgan fingerprint density at radius 3 is 2.18 bits per heavy atom. The van der Waals surface area contributed by atoms with Gasteiger partial charge in [0.15, 0.2) is 0 Å². The van der Waals surface area contributed by atoms with Crippen molar-refractivity contribution in [3.05, 3.63) is 59.7 Å². The molecule has 1 atom stereocenters. The van der Waals surface area contributed by atoms with Crippen LogP contribution in [-0.2, 0) is 9.53 Å². The molecule has 2 aromatic carbocycles. The van der Waals surface area contributed by atoms with Gasteiger partial charge >= 0.3 is 12.1 Å². The fraction of sp³-hybridized carbons (Fsp3) is 0.364. The van der Waals surface area contributed by atoms with Gasteiger partial charge in [-0.1, -0.05) is 48.5 Å². The highest BCUT2D eigenvalue weighted by atomic mass is 16.6. The Hall–Kier alpha value is -2.86. The Morgan fingerprint density at radius 2 is 1.64 bits per heavy atom. The zero-order valence-electron chi connectivity index (χ0n) is 16.0. The van der Waals surface area contributed by atoms with Gasteiger partial charge in [0.2, 0.25) is 0 Å². The predicted octanol–water partition coefficient (Wildman–Crippen LogP) is 3.45. The summed E-state index contributed by atoms with van der Waals surface area (Å²) in [5.74, 6) is -1.08. The molecule has 148 valence electrons. The number of benzene rings is 2. The molecule has 6 heteroatoms. The highest BCUT2D eigenvalue weighted by Gasteiger charge is 2.31. The van der Waals surface area contributed by atoms with Crippen LogP contribution in [0, 0.1) is 0 Å². The van der Waals surface area contributed by atoms with E-state index in [1.807, 2.05) is 36.4 Å². The van der Waals surface area contributed by atoms with E-state index in [4.69, 9.17) is 10.5 Å². The van der Waals surface area contributed by atoms with Gasteiger partial charge in [0.1, 0.15) is 12.6 Å². The maximum absolute atomic E-state index is 12.5. The molecule has 3 rings (SSSR count). The maximum atomic E-state index is 12.5. The number of carboxylic acid groups (broad SMARTS) is 1. The number of fused-ring (bicyclic) bond motifs is 3. The van der Waals surface area contributed by atoms with Crippen LogP contribution >= 0.6 is 0 Å². The smallest absolute Gasteiger partial charge is 0.410 e. The zero-order valence-corrected chi connectivity index (χ0v) is 16.0. The van der Waals surface area contributed by atoms with Crippen LogP contribution in [0.2, 0.25) is 0 Å². The van der Waals surface area contributed by atoms with E-state index in [1.165, 1.54) is 11.9 Å². The first-order chi connectivity index (χ1) is 13.5. The second-order valence-corrected chi connectivity index (χ2v) is 7.05. The molecule has 0 radical (unpaired) electrons. The average molecular weight is 382 g/mol. The number of carbonyl (C=O) groups is 2. The summed E-state index contributed by atoms with van der Waals surface area (Å²) in [5, 5.41) is 9.45. The summed E-state index contributed by atoms with van der Waals surface area (Å²) in [6.45, 7) is 0.674. The van der Waals surface area contributed by atoms with Crippen LogP contribution in [0.5, 0.6) is 0 Å². The third kappa shape index (κ3) is 4.02. The Kier molecular flexibility index (Phi) is 6.31. The number of ether oxygens (including phenoxy) is 1. The summed E-state index contributed by atoms with van der Waals surface area (Å²) in [7, 11) is 1.47. The normalized spacial score (nSPS) is 13.5. The molecular weight excluding hydrogens is 356 g/mol. The van der Waals surface area contributed by atoms with Crippen LogP contribution in [0.25, 0.3) is 11.1 Å². The number of unbranched alkanes of at least 4 members (excludes halogenated alkanes) is 1. The van der Waals surface area contributed by atoms with E-state index < -0.39 is 18.1 Å². The number of likely N-dealkylation sites (N-methyl/N-ethyl adjacent to an activating group) is 1. The number of rotatable bonds is 8. The molecule has 0 spiro atoms. The molecule has 0 saturated carbocycles. The molecule has 2 aromatic rings. The number of nitrogens with zero attached hydrogens (tertiary/aromatic N) is 1. The molecular formula is C22H26N2O4.